The Morgan fingerprint density at radius 3 is 2.48 bits per heavy atom. The number of carbonyl (C=O) groups excluding carboxylic acids is 3. The molecule has 0 aliphatic carbocycles. The fraction of sp³-hybridized carbons (Fsp3) is 0.526. The number of hydrogen-bond acceptors (Lipinski definition) is 4. The van der Waals surface area contributed by atoms with Crippen molar-refractivity contribution in [1.29, 1.82) is 0 Å². The zero-order chi connectivity index (χ0) is 22.0. The van der Waals surface area contributed by atoms with E-state index in [4.69, 9.17) is 28.4 Å². The minimum Gasteiger partial charge on any atom is -0.338 e. The highest BCUT2D eigenvalue weighted by Gasteiger charge is 2.20. The van der Waals surface area contributed by atoms with Gasteiger partial charge in [0.1, 0.15) is 6.54 Å². The number of hydrogen-bond donors (Lipinski definition) is 4. The Balaban J connectivity index is 2.53. The van der Waals surface area contributed by atoms with Crippen LogP contribution in [0.1, 0.15) is 33.6 Å². The van der Waals surface area contributed by atoms with Crippen LogP contribution in [0.15, 0.2) is 18.2 Å². The van der Waals surface area contributed by atoms with Gasteiger partial charge in [-0.15, -0.1) is 0 Å². The van der Waals surface area contributed by atoms with Crippen molar-refractivity contribution in [3.05, 3.63) is 28.2 Å². The van der Waals surface area contributed by atoms with Gasteiger partial charge in [0.25, 0.3) is 5.91 Å². The van der Waals surface area contributed by atoms with Gasteiger partial charge in [-0.1, -0.05) is 44.0 Å². The SMILES string of the molecule is CC(C)CCN(CC(=O)NO)C(=O)C[C@H](C)CNC(=O)Nc1cc(Cl)ccc1Cl. The molecule has 8 nitrogen and oxygen atoms in total. The zero-order valence-electron chi connectivity index (χ0n) is 16.8. The Morgan fingerprint density at radius 1 is 1.17 bits per heavy atom. The first-order valence-corrected chi connectivity index (χ1v) is 10.1. The van der Waals surface area contributed by atoms with Gasteiger partial charge in [-0.05, 0) is 36.5 Å². The molecule has 10 heteroatoms. The highest BCUT2D eigenvalue weighted by molar-refractivity contribution is 6.35. The molecule has 4 amide bonds. The molecule has 0 heterocycles. The van der Waals surface area contributed by atoms with Crippen LogP contribution in [0.5, 0.6) is 0 Å². The Labute approximate surface area is 180 Å². The third kappa shape index (κ3) is 9.83. The second kappa shape index (κ2) is 12.5. The molecule has 29 heavy (non-hydrogen) atoms. The minimum absolute atomic E-state index is 0.148. The molecule has 0 aliphatic rings. The predicted molar refractivity (Wildman–Crippen MR) is 113 cm³/mol. The van der Waals surface area contributed by atoms with Crippen molar-refractivity contribution in [2.75, 3.05) is 25.0 Å². The first-order valence-electron chi connectivity index (χ1n) is 9.33. The highest BCUT2D eigenvalue weighted by atomic mass is 35.5. The summed E-state index contributed by atoms with van der Waals surface area (Å²) in [5.41, 5.74) is 1.93. The van der Waals surface area contributed by atoms with Gasteiger partial charge in [0.05, 0.1) is 10.7 Å². The predicted octanol–water partition coefficient (Wildman–Crippen LogP) is 3.52. The lowest BCUT2D eigenvalue weighted by atomic mass is 10.1. The van der Waals surface area contributed by atoms with Gasteiger partial charge < -0.3 is 15.5 Å². The van der Waals surface area contributed by atoms with Crippen LogP contribution >= 0.6 is 23.2 Å². The number of rotatable bonds is 10. The number of hydroxylamine groups is 1. The van der Waals surface area contributed by atoms with E-state index in [1.165, 1.54) is 11.0 Å². The number of nitrogens with zero attached hydrogens (tertiary/aromatic N) is 1. The molecule has 1 atom stereocenters. The van der Waals surface area contributed by atoms with E-state index in [9.17, 15) is 14.4 Å². The van der Waals surface area contributed by atoms with Crippen LogP contribution in [0.2, 0.25) is 10.0 Å². The van der Waals surface area contributed by atoms with Gasteiger partial charge >= 0.3 is 6.03 Å². The van der Waals surface area contributed by atoms with Crippen molar-refractivity contribution in [2.45, 2.75) is 33.6 Å². The van der Waals surface area contributed by atoms with E-state index in [-0.39, 0.29) is 31.3 Å². The Morgan fingerprint density at radius 2 is 1.86 bits per heavy atom. The molecule has 1 aromatic carbocycles. The molecule has 0 fully saturated rings. The third-order valence-electron chi connectivity index (χ3n) is 4.10. The zero-order valence-corrected chi connectivity index (χ0v) is 18.3. The van der Waals surface area contributed by atoms with E-state index in [0.717, 1.165) is 6.42 Å². The van der Waals surface area contributed by atoms with Gasteiger partial charge in [-0.2, -0.15) is 0 Å². The monoisotopic (exact) mass is 446 g/mol. The maximum absolute atomic E-state index is 12.5. The quantitative estimate of drug-likeness (QED) is 0.325. The van der Waals surface area contributed by atoms with Gasteiger partial charge in [-0.25, -0.2) is 10.3 Å². The van der Waals surface area contributed by atoms with Gasteiger partial charge in [0.2, 0.25) is 5.91 Å². The van der Waals surface area contributed by atoms with E-state index < -0.39 is 11.9 Å². The van der Waals surface area contributed by atoms with Crippen LogP contribution in [-0.2, 0) is 9.59 Å². The summed E-state index contributed by atoms with van der Waals surface area (Å²) in [4.78, 5) is 37.5. The van der Waals surface area contributed by atoms with Crippen LogP contribution in [0.3, 0.4) is 0 Å². The number of nitrogens with one attached hydrogen (secondary N) is 3. The summed E-state index contributed by atoms with van der Waals surface area (Å²) in [6, 6.07) is 4.26. The molecule has 0 bridgehead atoms. The molecule has 0 aliphatic heterocycles. The molecule has 4 N–H and O–H groups in total. The van der Waals surface area contributed by atoms with E-state index in [1.807, 2.05) is 20.8 Å². The molecule has 0 spiro atoms. The second-order valence-electron chi connectivity index (χ2n) is 7.30. The van der Waals surface area contributed by atoms with Crippen molar-refractivity contribution < 1.29 is 19.6 Å². The van der Waals surface area contributed by atoms with E-state index in [1.54, 1.807) is 17.6 Å². The van der Waals surface area contributed by atoms with E-state index in [2.05, 4.69) is 10.6 Å². The average Bonchev–Trinajstić information content (AvgIpc) is 2.65. The fourth-order valence-electron chi connectivity index (χ4n) is 2.44. The van der Waals surface area contributed by atoms with Crippen molar-refractivity contribution in [3.8, 4) is 0 Å². The molecule has 0 radical (unpaired) electrons. The number of benzene rings is 1. The van der Waals surface area contributed by atoms with Crippen molar-refractivity contribution >= 4 is 46.7 Å². The summed E-state index contributed by atoms with van der Waals surface area (Å²) in [5, 5.41) is 14.8. The number of halogens is 2. The molecule has 1 rings (SSSR count). The molecule has 1 aromatic rings. The van der Waals surface area contributed by atoms with Crippen LogP contribution in [0.4, 0.5) is 10.5 Å². The number of anilines is 1. The van der Waals surface area contributed by atoms with Gasteiger partial charge in [0, 0.05) is 24.5 Å². The van der Waals surface area contributed by atoms with E-state index in [0.29, 0.717) is 28.2 Å². The average molecular weight is 447 g/mol. The molecule has 0 aromatic heterocycles. The maximum Gasteiger partial charge on any atom is 0.319 e. The Hall–Kier alpha value is -2.03. The smallest absolute Gasteiger partial charge is 0.319 e. The topological polar surface area (TPSA) is 111 Å². The van der Waals surface area contributed by atoms with E-state index >= 15 is 0 Å². The third-order valence-corrected chi connectivity index (χ3v) is 4.66. The Kier molecular flexibility index (Phi) is 10.8. The normalized spacial score (nSPS) is 11.7. The lowest BCUT2D eigenvalue weighted by Crippen LogP contribution is -2.42. The molecule has 0 saturated carbocycles. The van der Waals surface area contributed by atoms with Crippen molar-refractivity contribution in [2.24, 2.45) is 11.8 Å². The summed E-state index contributed by atoms with van der Waals surface area (Å²) in [5.74, 6) is -0.669. The summed E-state index contributed by atoms with van der Waals surface area (Å²) >= 11 is 11.9. The lowest BCUT2D eigenvalue weighted by molar-refractivity contribution is -0.140. The van der Waals surface area contributed by atoms with Crippen molar-refractivity contribution in [3.63, 3.8) is 0 Å². The molecule has 162 valence electrons. The summed E-state index contributed by atoms with van der Waals surface area (Å²) < 4.78 is 0. The lowest BCUT2D eigenvalue weighted by Gasteiger charge is -2.24. The summed E-state index contributed by atoms with van der Waals surface area (Å²) in [7, 11) is 0. The highest BCUT2D eigenvalue weighted by Crippen LogP contribution is 2.25. The van der Waals surface area contributed by atoms with Crippen molar-refractivity contribution in [1.82, 2.24) is 15.7 Å². The fourth-order valence-corrected chi connectivity index (χ4v) is 2.78. The molecule has 0 unspecified atom stereocenters. The maximum atomic E-state index is 12.5. The standard InChI is InChI=1S/C19H28Cl2N4O4/c1-12(2)6-7-25(11-17(26)24-29)18(27)8-13(3)10-22-19(28)23-16-9-14(20)4-5-15(16)21/h4-5,9,12-13,29H,6-8,10-11H2,1-3H3,(H,24,26)(H2,22,23,28)/t13-/m0/s1. The summed E-state index contributed by atoms with van der Waals surface area (Å²) in [6.07, 6.45) is 0.884. The van der Waals surface area contributed by atoms with Crippen LogP contribution in [0, 0.1) is 11.8 Å². The number of carbonyl (C=O) groups is 3. The minimum atomic E-state index is -0.648. The van der Waals surface area contributed by atoms with Crippen LogP contribution in [0.25, 0.3) is 0 Å². The van der Waals surface area contributed by atoms with Gasteiger partial charge in [0.15, 0.2) is 0 Å². The largest absolute Gasteiger partial charge is 0.338 e. The number of amides is 4. The molecular weight excluding hydrogens is 419 g/mol. The first-order chi connectivity index (χ1) is 13.6. The first kappa shape index (κ1) is 25.0. The summed E-state index contributed by atoms with van der Waals surface area (Å²) in [6.45, 7) is 6.31. The van der Waals surface area contributed by atoms with Crippen LogP contribution < -0.4 is 16.1 Å². The van der Waals surface area contributed by atoms with Gasteiger partial charge in [-0.3, -0.25) is 14.8 Å². The number of urea groups is 1. The van der Waals surface area contributed by atoms with Crippen LogP contribution in [-0.4, -0.2) is 47.6 Å². The molecule has 0 saturated heterocycles. The Bertz CT molecular complexity index is 715. The second-order valence-corrected chi connectivity index (χ2v) is 8.14. The molecular formula is C19H28Cl2N4O4.